The molecule has 1 amide bonds. The van der Waals surface area contributed by atoms with Crippen molar-refractivity contribution in [3.8, 4) is 0 Å². The molecule has 106 valence electrons. The van der Waals surface area contributed by atoms with Crippen molar-refractivity contribution >= 4 is 5.91 Å². The Morgan fingerprint density at radius 2 is 2.11 bits per heavy atom. The van der Waals surface area contributed by atoms with Crippen LogP contribution in [0.5, 0.6) is 0 Å². The fraction of sp³-hybridized carbons (Fsp3) is 0.786. The third-order valence-electron chi connectivity index (χ3n) is 3.96. The van der Waals surface area contributed by atoms with Crippen molar-refractivity contribution in [3.05, 3.63) is 11.6 Å². The van der Waals surface area contributed by atoms with Crippen molar-refractivity contribution < 1.29 is 4.79 Å². The quantitative estimate of drug-likeness (QED) is 0.861. The molecule has 1 aliphatic rings. The fourth-order valence-electron chi connectivity index (χ4n) is 2.52. The molecule has 19 heavy (non-hydrogen) atoms. The average molecular weight is 264 g/mol. The van der Waals surface area contributed by atoms with Gasteiger partial charge < -0.3 is 5.32 Å². The Bertz CT molecular complexity index is 470. The van der Waals surface area contributed by atoms with Gasteiger partial charge in [0.25, 0.3) is 5.91 Å². The van der Waals surface area contributed by atoms with E-state index in [1.54, 1.807) is 0 Å². The van der Waals surface area contributed by atoms with Gasteiger partial charge >= 0.3 is 0 Å². The number of carbonyl (C=O) groups excluding carboxylic acids is 1. The summed E-state index contributed by atoms with van der Waals surface area (Å²) in [6.45, 7) is 10.5. The minimum atomic E-state index is -0.174. The molecule has 0 radical (unpaired) electrons. The van der Waals surface area contributed by atoms with Crippen molar-refractivity contribution in [3.63, 3.8) is 0 Å². The normalized spacial score (nSPS) is 22.5. The molecule has 1 aliphatic carbocycles. The van der Waals surface area contributed by atoms with Crippen molar-refractivity contribution in [2.24, 2.45) is 5.41 Å². The lowest BCUT2D eigenvalue weighted by Gasteiger charge is -2.27. The van der Waals surface area contributed by atoms with Crippen LogP contribution < -0.4 is 5.32 Å². The predicted octanol–water partition coefficient (Wildman–Crippen LogP) is 2.41. The second-order valence-corrected chi connectivity index (χ2v) is 7.16. The van der Waals surface area contributed by atoms with Gasteiger partial charge in [0.1, 0.15) is 5.82 Å². The predicted molar refractivity (Wildman–Crippen MR) is 74.0 cm³/mol. The number of aromatic nitrogens is 3. The minimum Gasteiger partial charge on any atom is -0.346 e. The molecule has 0 spiro atoms. The van der Waals surface area contributed by atoms with Gasteiger partial charge in [-0.1, -0.05) is 41.0 Å². The van der Waals surface area contributed by atoms with E-state index in [-0.39, 0.29) is 28.6 Å². The third-order valence-corrected chi connectivity index (χ3v) is 3.96. The Labute approximate surface area is 114 Å². The zero-order valence-electron chi connectivity index (χ0n) is 12.5. The number of hydrogen-bond donors (Lipinski definition) is 2. The van der Waals surface area contributed by atoms with Gasteiger partial charge in [0.2, 0.25) is 5.82 Å². The smallest absolute Gasteiger partial charge is 0.291 e. The molecule has 1 unspecified atom stereocenters. The maximum atomic E-state index is 12.2. The summed E-state index contributed by atoms with van der Waals surface area (Å²) in [5, 5.41) is 9.94. The van der Waals surface area contributed by atoms with Gasteiger partial charge in [-0.2, -0.15) is 0 Å². The van der Waals surface area contributed by atoms with Gasteiger partial charge in [0, 0.05) is 11.5 Å². The number of aromatic amines is 1. The van der Waals surface area contributed by atoms with Gasteiger partial charge in [0.05, 0.1) is 0 Å². The summed E-state index contributed by atoms with van der Waals surface area (Å²) in [6.07, 6.45) is 3.35. The maximum Gasteiger partial charge on any atom is 0.291 e. The highest BCUT2D eigenvalue weighted by Crippen LogP contribution is 2.37. The molecule has 1 aromatic heterocycles. The number of amides is 1. The number of nitrogens with zero attached hydrogens (tertiary/aromatic N) is 2. The number of carbonyl (C=O) groups is 1. The highest BCUT2D eigenvalue weighted by atomic mass is 16.2. The molecular weight excluding hydrogens is 240 g/mol. The molecule has 0 aromatic carbocycles. The van der Waals surface area contributed by atoms with E-state index in [2.05, 4.69) is 34.3 Å². The van der Waals surface area contributed by atoms with Crippen LogP contribution in [0.3, 0.4) is 0 Å². The SMILES string of the molecule is CC(C)(C)c1nc(C(=O)NC2CCCC2(C)C)n[nH]1. The van der Waals surface area contributed by atoms with Gasteiger partial charge in [-0.15, -0.1) is 5.10 Å². The largest absolute Gasteiger partial charge is 0.346 e. The maximum absolute atomic E-state index is 12.2. The molecular formula is C14H24N4O. The Morgan fingerprint density at radius 1 is 1.42 bits per heavy atom. The van der Waals surface area contributed by atoms with Crippen LogP contribution in [0.15, 0.2) is 0 Å². The lowest BCUT2D eigenvalue weighted by atomic mass is 9.87. The van der Waals surface area contributed by atoms with E-state index >= 15 is 0 Å². The van der Waals surface area contributed by atoms with E-state index in [1.807, 2.05) is 20.8 Å². The molecule has 2 N–H and O–H groups in total. The summed E-state index contributed by atoms with van der Waals surface area (Å²) in [5.41, 5.74) is 0.0387. The van der Waals surface area contributed by atoms with Crippen LogP contribution in [-0.2, 0) is 5.41 Å². The minimum absolute atomic E-state index is 0.127. The van der Waals surface area contributed by atoms with Crippen LogP contribution in [0.1, 0.15) is 70.3 Å². The first-order valence-electron chi connectivity index (χ1n) is 6.94. The summed E-state index contributed by atoms with van der Waals surface area (Å²) < 4.78 is 0. The second kappa shape index (κ2) is 4.62. The van der Waals surface area contributed by atoms with Gasteiger partial charge in [-0.25, -0.2) is 4.98 Å². The van der Waals surface area contributed by atoms with E-state index in [9.17, 15) is 4.79 Å². The summed E-state index contributed by atoms with van der Waals surface area (Å²) >= 11 is 0. The lowest BCUT2D eigenvalue weighted by Crippen LogP contribution is -2.41. The molecule has 0 aliphatic heterocycles. The lowest BCUT2D eigenvalue weighted by molar-refractivity contribution is 0.0899. The molecule has 1 aromatic rings. The molecule has 5 nitrogen and oxygen atoms in total. The first-order valence-corrected chi connectivity index (χ1v) is 6.94. The van der Waals surface area contributed by atoms with Crippen molar-refractivity contribution in [2.75, 3.05) is 0 Å². The summed E-state index contributed by atoms with van der Waals surface area (Å²) in [7, 11) is 0. The molecule has 1 fully saturated rings. The Balaban J connectivity index is 2.07. The number of nitrogens with one attached hydrogen (secondary N) is 2. The zero-order valence-corrected chi connectivity index (χ0v) is 12.5. The Kier molecular flexibility index (Phi) is 3.41. The van der Waals surface area contributed by atoms with Crippen LogP contribution in [0, 0.1) is 5.41 Å². The van der Waals surface area contributed by atoms with Crippen LogP contribution >= 0.6 is 0 Å². The molecule has 1 atom stereocenters. The zero-order chi connectivity index (χ0) is 14.3. The van der Waals surface area contributed by atoms with E-state index in [0.29, 0.717) is 0 Å². The molecule has 0 saturated heterocycles. The van der Waals surface area contributed by atoms with Gasteiger partial charge in [-0.3, -0.25) is 9.89 Å². The first-order chi connectivity index (χ1) is 8.70. The van der Waals surface area contributed by atoms with E-state index < -0.39 is 0 Å². The molecule has 1 heterocycles. The Hall–Kier alpha value is -1.39. The van der Waals surface area contributed by atoms with Gasteiger partial charge in [0.15, 0.2) is 0 Å². The van der Waals surface area contributed by atoms with Crippen molar-refractivity contribution in [1.82, 2.24) is 20.5 Å². The summed E-state index contributed by atoms with van der Waals surface area (Å²) in [5.74, 6) is 0.808. The average Bonchev–Trinajstić information content (AvgIpc) is 2.85. The Morgan fingerprint density at radius 3 is 2.58 bits per heavy atom. The highest BCUT2D eigenvalue weighted by molar-refractivity contribution is 5.90. The number of hydrogen-bond acceptors (Lipinski definition) is 3. The van der Waals surface area contributed by atoms with Crippen LogP contribution in [0.4, 0.5) is 0 Å². The first kappa shape index (κ1) is 14.0. The summed E-state index contributed by atoms with van der Waals surface area (Å²) in [6, 6.07) is 0.219. The van der Waals surface area contributed by atoms with E-state index in [0.717, 1.165) is 18.7 Å². The second-order valence-electron chi connectivity index (χ2n) is 7.16. The third kappa shape index (κ3) is 2.96. The topological polar surface area (TPSA) is 70.7 Å². The number of rotatable bonds is 2. The standard InChI is InChI=1S/C14H24N4O/c1-13(2,3)12-16-10(17-18-12)11(19)15-9-7-6-8-14(9,4)5/h9H,6-8H2,1-5H3,(H,15,19)(H,16,17,18). The molecule has 2 rings (SSSR count). The van der Waals surface area contributed by atoms with Crippen LogP contribution in [-0.4, -0.2) is 27.1 Å². The monoisotopic (exact) mass is 264 g/mol. The van der Waals surface area contributed by atoms with Crippen molar-refractivity contribution in [1.29, 1.82) is 0 Å². The van der Waals surface area contributed by atoms with E-state index in [1.165, 1.54) is 6.42 Å². The number of H-pyrrole nitrogens is 1. The fourth-order valence-corrected chi connectivity index (χ4v) is 2.52. The molecule has 1 saturated carbocycles. The molecule has 5 heteroatoms. The van der Waals surface area contributed by atoms with Crippen LogP contribution in [0.25, 0.3) is 0 Å². The van der Waals surface area contributed by atoms with Gasteiger partial charge in [-0.05, 0) is 18.3 Å². The van der Waals surface area contributed by atoms with E-state index in [4.69, 9.17) is 0 Å². The summed E-state index contributed by atoms with van der Waals surface area (Å²) in [4.78, 5) is 16.5. The molecule has 0 bridgehead atoms. The van der Waals surface area contributed by atoms with Crippen LogP contribution in [0.2, 0.25) is 0 Å². The van der Waals surface area contributed by atoms with Crippen molar-refractivity contribution in [2.45, 2.75) is 65.3 Å². The highest BCUT2D eigenvalue weighted by Gasteiger charge is 2.36.